The summed E-state index contributed by atoms with van der Waals surface area (Å²) in [6, 6.07) is 10.8. The van der Waals surface area contributed by atoms with Crippen molar-refractivity contribution in [3.05, 3.63) is 58.1 Å². The molecule has 0 N–H and O–H groups in total. The molecule has 0 spiro atoms. The van der Waals surface area contributed by atoms with Crippen LogP contribution in [0.5, 0.6) is 17.2 Å². The van der Waals surface area contributed by atoms with Crippen molar-refractivity contribution >= 4 is 12.0 Å². The second-order valence-corrected chi connectivity index (χ2v) is 4.83. The van der Waals surface area contributed by atoms with Crippen LogP contribution in [0.25, 0.3) is 0 Å². The number of nitro benzene ring substituents is 1. The number of carbonyl (C=O) groups is 1. The Morgan fingerprint density at radius 3 is 2.38 bits per heavy atom. The number of rotatable bonds is 9. The molecule has 7 nitrogen and oxygen atoms in total. The van der Waals surface area contributed by atoms with Gasteiger partial charge in [0.1, 0.15) is 12.0 Å². The molecule has 2 aromatic carbocycles. The molecule has 0 aromatic heterocycles. The molecule has 0 saturated carbocycles. The molecule has 0 unspecified atom stereocenters. The lowest BCUT2D eigenvalue weighted by molar-refractivity contribution is -0.384. The number of ether oxygens (including phenoxy) is 3. The summed E-state index contributed by atoms with van der Waals surface area (Å²) < 4.78 is 16.3. The predicted molar refractivity (Wildman–Crippen MR) is 87.1 cm³/mol. The van der Waals surface area contributed by atoms with E-state index in [0.717, 1.165) is 6.29 Å². The molecule has 126 valence electrons. The molecule has 2 aromatic rings. The minimum absolute atomic E-state index is 0.0246. The number of aldehydes is 1. The Balaban J connectivity index is 1.77. The van der Waals surface area contributed by atoms with Gasteiger partial charge < -0.3 is 14.2 Å². The number of nitro groups is 1. The quantitative estimate of drug-likeness (QED) is 0.303. The maximum atomic E-state index is 10.7. The van der Waals surface area contributed by atoms with Gasteiger partial charge in [-0.05, 0) is 30.3 Å². The van der Waals surface area contributed by atoms with Crippen LogP contribution in [0.1, 0.15) is 16.8 Å². The van der Waals surface area contributed by atoms with E-state index in [1.807, 2.05) is 0 Å². The molecule has 0 saturated heterocycles. The van der Waals surface area contributed by atoms with E-state index >= 15 is 0 Å². The molecule has 7 heteroatoms. The van der Waals surface area contributed by atoms with Gasteiger partial charge in [0.2, 0.25) is 0 Å². The fourth-order valence-corrected chi connectivity index (χ4v) is 1.97. The van der Waals surface area contributed by atoms with Crippen molar-refractivity contribution < 1.29 is 23.9 Å². The number of non-ortho nitro benzene ring substituents is 1. The molecule has 0 aliphatic carbocycles. The SMILES string of the molecule is COc1cc(C=O)ccc1OCCCOc1ccc([N+](=O)[O-])cc1. The molecular formula is C17H17NO6. The first-order valence-corrected chi connectivity index (χ1v) is 7.27. The third-order valence-electron chi connectivity index (χ3n) is 3.19. The minimum Gasteiger partial charge on any atom is -0.493 e. The Bertz CT molecular complexity index is 699. The lowest BCUT2D eigenvalue weighted by atomic mass is 10.2. The van der Waals surface area contributed by atoms with Crippen LogP contribution in [0.3, 0.4) is 0 Å². The molecule has 0 aliphatic heterocycles. The van der Waals surface area contributed by atoms with Crippen molar-refractivity contribution in [1.82, 2.24) is 0 Å². The number of carbonyl (C=O) groups excluding carboxylic acids is 1. The number of methoxy groups -OCH3 is 1. The fraction of sp³-hybridized carbons (Fsp3) is 0.235. The van der Waals surface area contributed by atoms with Gasteiger partial charge in [-0.2, -0.15) is 0 Å². The summed E-state index contributed by atoms with van der Waals surface area (Å²) in [5.74, 6) is 1.61. The monoisotopic (exact) mass is 331 g/mol. The fourth-order valence-electron chi connectivity index (χ4n) is 1.97. The van der Waals surface area contributed by atoms with Crippen molar-refractivity contribution in [3.63, 3.8) is 0 Å². The maximum absolute atomic E-state index is 10.7. The molecule has 24 heavy (non-hydrogen) atoms. The second kappa shape index (κ2) is 8.52. The smallest absolute Gasteiger partial charge is 0.269 e. The molecule has 0 atom stereocenters. The summed E-state index contributed by atoms with van der Waals surface area (Å²) in [7, 11) is 1.51. The van der Waals surface area contributed by atoms with Gasteiger partial charge in [0.15, 0.2) is 11.5 Å². The van der Waals surface area contributed by atoms with Crippen LogP contribution in [-0.4, -0.2) is 31.5 Å². The molecular weight excluding hydrogens is 314 g/mol. The Kier molecular flexibility index (Phi) is 6.13. The van der Waals surface area contributed by atoms with E-state index in [1.165, 1.54) is 19.2 Å². The first kappa shape index (κ1) is 17.3. The Morgan fingerprint density at radius 2 is 1.75 bits per heavy atom. The van der Waals surface area contributed by atoms with Crippen molar-refractivity contribution in [1.29, 1.82) is 0 Å². The van der Waals surface area contributed by atoms with Crippen LogP contribution >= 0.6 is 0 Å². The predicted octanol–water partition coefficient (Wildman–Crippen LogP) is 3.26. The van der Waals surface area contributed by atoms with Crippen molar-refractivity contribution in [2.24, 2.45) is 0 Å². The summed E-state index contributed by atoms with van der Waals surface area (Å²) in [5.41, 5.74) is 0.539. The normalized spacial score (nSPS) is 10.0. The minimum atomic E-state index is -0.457. The van der Waals surface area contributed by atoms with Gasteiger partial charge in [-0.3, -0.25) is 14.9 Å². The van der Waals surface area contributed by atoms with E-state index in [0.29, 0.717) is 42.4 Å². The first-order valence-electron chi connectivity index (χ1n) is 7.27. The van der Waals surface area contributed by atoms with Gasteiger partial charge in [0.25, 0.3) is 5.69 Å². The summed E-state index contributed by atoms with van der Waals surface area (Å²) in [6.07, 6.45) is 1.36. The van der Waals surface area contributed by atoms with E-state index in [-0.39, 0.29) is 5.69 Å². The van der Waals surface area contributed by atoms with Crippen LogP contribution in [0.15, 0.2) is 42.5 Å². The average molecular weight is 331 g/mol. The van der Waals surface area contributed by atoms with Gasteiger partial charge in [-0.25, -0.2) is 0 Å². The second-order valence-electron chi connectivity index (χ2n) is 4.83. The highest BCUT2D eigenvalue weighted by atomic mass is 16.6. The Labute approximate surface area is 138 Å². The zero-order valence-corrected chi connectivity index (χ0v) is 13.1. The third kappa shape index (κ3) is 4.70. The van der Waals surface area contributed by atoms with Crippen molar-refractivity contribution in [2.45, 2.75) is 6.42 Å². The third-order valence-corrected chi connectivity index (χ3v) is 3.19. The first-order chi connectivity index (χ1) is 11.6. The molecule has 0 radical (unpaired) electrons. The number of benzene rings is 2. The van der Waals surface area contributed by atoms with Gasteiger partial charge in [0.05, 0.1) is 25.2 Å². The van der Waals surface area contributed by atoms with E-state index < -0.39 is 4.92 Å². The van der Waals surface area contributed by atoms with Gasteiger partial charge >= 0.3 is 0 Å². The molecule has 0 heterocycles. The number of hydrogen-bond donors (Lipinski definition) is 0. The largest absolute Gasteiger partial charge is 0.493 e. The number of hydrogen-bond acceptors (Lipinski definition) is 6. The van der Waals surface area contributed by atoms with Crippen LogP contribution in [0.4, 0.5) is 5.69 Å². The summed E-state index contributed by atoms with van der Waals surface area (Å²) in [5, 5.41) is 10.6. The van der Waals surface area contributed by atoms with Crippen molar-refractivity contribution in [2.75, 3.05) is 20.3 Å². The lowest BCUT2D eigenvalue weighted by Crippen LogP contribution is -2.06. The Hall–Kier alpha value is -3.09. The zero-order chi connectivity index (χ0) is 17.4. The maximum Gasteiger partial charge on any atom is 0.269 e. The molecule has 0 amide bonds. The topological polar surface area (TPSA) is 87.9 Å². The van der Waals surface area contributed by atoms with E-state index in [4.69, 9.17) is 14.2 Å². The lowest BCUT2D eigenvalue weighted by Gasteiger charge is -2.11. The summed E-state index contributed by atoms with van der Waals surface area (Å²) in [6.45, 7) is 0.816. The standard InChI is InChI=1S/C17H17NO6/c1-22-17-11-13(12-19)3-8-16(17)24-10-2-9-23-15-6-4-14(5-7-15)18(20)21/h3-8,11-12H,2,9-10H2,1H3. The Morgan fingerprint density at radius 1 is 1.04 bits per heavy atom. The molecule has 0 fully saturated rings. The summed E-state index contributed by atoms with van der Waals surface area (Å²) >= 11 is 0. The highest BCUT2D eigenvalue weighted by molar-refractivity contribution is 5.76. The average Bonchev–Trinajstić information content (AvgIpc) is 2.61. The van der Waals surface area contributed by atoms with Gasteiger partial charge in [-0.15, -0.1) is 0 Å². The molecule has 0 aliphatic rings. The van der Waals surface area contributed by atoms with Crippen LogP contribution in [0, 0.1) is 10.1 Å². The zero-order valence-electron chi connectivity index (χ0n) is 13.1. The van der Waals surface area contributed by atoms with E-state index in [9.17, 15) is 14.9 Å². The highest BCUT2D eigenvalue weighted by Crippen LogP contribution is 2.27. The molecule has 2 rings (SSSR count). The van der Waals surface area contributed by atoms with E-state index in [2.05, 4.69) is 0 Å². The van der Waals surface area contributed by atoms with E-state index in [1.54, 1.807) is 30.3 Å². The van der Waals surface area contributed by atoms with Crippen LogP contribution in [0.2, 0.25) is 0 Å². The van der Waals surface area contributed by atoms with Gasteiger partial charge in [0, 0.05) is 24.1 Å². The highest BCUT2D eigenvalue weighted by Gasteiger charge is 2.06. The number of nitrogens with zero attached hydrogens (tertiary/aromatic N) is 1. The van der Waals surface area contributed by atoms with Crippen LogP contribution in [-0.2, 0) is 0 Å². The van der Waals surface area contributed by atoms with Gasteiger partial charge in [-0.1, -0.05) is 0 Å². The summed E-state index contributed by atoms with van der Waals surface area (Å²) in [4.78, 5) is 20.8. The molecule has 0 bridgehead atoms. The van der Waals surface area contributed by atoms with Crippen molar-refractivity contribution in [3.8, 4) is 17.2 Å². The van der Waals surface area contributed by atoms with Crippen LogP contribution < -0.4 is 14.2 Å².